The van der Waals surface area contributed by atoms with Gasteiger partial charge in [0.1, 0.15) is 6.54 Å². The number of carbonyl (C=O) groups excluding carboxylic acids is 1. The van der Waals surface area contributed by atoms with Gasteiger partial charge in [0.05, 0.1) is 11.7 Å². The largest absolute Gasteiger partial charge is 0.357 e. The van der Waals surface area contributed by atoms with Crippen molar-refractivity contribution in [2.45, 2.75) is 32.9 Å². The van der Waals surface area contributed by atoms with Gasteiger partial charge in [-0.05, 0) is 45.1 Å². The van der Waals surface area contributed by atoms with Crippen LogP contribution in [0.15, 0.2) is 35.3 Å². The lowest BCUT2D eigenvalue weighted by atomic mass is 10.1. The van der Waals surface area contributed by atoms with Crippen molar-refractivity contribution >= 4 is 34.1 Å². The number of nitrogens with one attached hydrogen (secondary N) is 3. The van der Waals surface area contributed by atoms with E-state index in [2.05, 4.69) is 21.3 Å². The van der Waals surface area contributed by atoms with Crippen molar-refractivity contribution < 1.29 is 4.79 Å². The van der Waals surface area contributed by atoms with Crippen LogP contribution in [-0.2, 0) is 11.3 Å². The molecule has 0 spiro atoms. The fraction of sp³-hybridized carbons (Fsp3) is 0.333. The molecule has 7 nitrogen and oxygen atoms in total. The molecule has 0 radical (unpaired) electrons. The van der Waals surface area contributed by atoms with E-state index in [1.54, 1.807) is 24.3 Å². The molecule has 0 bridgehead atoms. The molecule has 2 rings (SSSR count). The number of rotatable bonds is 2. The molecular formula is C15H19N5O2S. The summed E-state index contributed by atoms with van der Waals surface area (Å²) >= 11 is 5.08. The quantitative estimate of drug-likeness (QED) is 0.554. The predicted molar refractivity (Wildman–Crippen MR) is 92.8 cm³/mol. The maximum Gasteiger partial charge on any atom is 0.260 e. The first-order chi connectivity index (χ1) is 10.8. The molecule has 1 aromatic heterocycles. The lowest BCUT2D eigenvalue weighted by Gasteiger charge is -2.23. The monoisotopic (exact) mass is 333 g/mol. The minimum atomic E-state index is -0.329. The van der Waals surface area contributed by atoms with E-state index in [1.807, 2.05) is 20.8 Å². The van der Waals surface area contributed by atoms with E-state index in [0.29, 0.717) is 16.0 Å². The van der Waals surface area contributed by atoms with Crippen LogP contribution in [0.5, 0.6) is 0 Å². The molecule has 0 unspecified atom stereocenters. The van der Waals surface area contributed by atoms with Crippen molar-refractivity contribution in [3.05, 3.63) is 40.7 Å². The summed E-state index contributed by atoms with van der Waals surface area (Å²) in [5, 5.41) is 7.86. The predicted octanol–water partition coefficient (Wildman–Crippen LogP) is 0.690. The Kier molecular flexibility index (Phi) is 4.95. The van der Waals surface area contributed by atoms with E-state index in [-0.39, 0.29) is 23.4 Å². The van der Waals surface area contributed by atoms with Crippen LogP contribution >= 0.6 is 12.2 Å². The molecule has 122 valence electrons. The molecule has 0 fully saturated rings. The van der Waals surface area contributed by atoms with Crippen LogP contribution in [0, 0.1) is 0 Å². The Labute approximate surface area is 139 Å². The SMILES string of the molecule is CC(C)(C)NC(=S)NNC(=O)Cn1ncc(=O)c2ccccc21. The Morgan fingerprint density at radius 1 is 1.26 bits per heavy atom. The average Bonchev–Trinajstić information content (AvgIpc) is 2.47. The van der Waals surface area contributed by atoms with Crippen LogP contribution in [-0.4, -0.2) is 26.3 Å². The Morgan fingerprint density at radius 3 is 2.65 bits per heavy atom. The number of hydrazine groups is 1. The molecule has 2 aromatic rings. The van der Waals surface area contributed by atoms with Gasteiger partial charge in [-0.1, -0.05) is 12.1 Å². The van der Waals surface area contributed by atoms with Crippen molar-refractivity contribution in [1.29, 1.82) is 0 Å². The van der Waals surface area contributed by atoms with Gasteiger partial charge in [-0.25, -0.2) is 0 Å². The summed E-state index contributed by atoms with van der Waals surface area (Å²) < 4.78 is 1.47. The lowest BCUT2D eigenvalue weighted by molar-refractivity contribution is -0.122. The minimum Gasteiger partial charge on any atom is -0.357 e. The number of nitrogens with zero attached hydrogens (tertiary/aromatic N) is 2. The summed E-state index contributed by atoms with van der Waals surface area (Å²) in [5.41, 5.74) is 5.36. The third-order valence-electron chi connectivity index (χ3n) is 2.86. The summed E-state index contributed by atoms with van der Waals surface area (Å²) in [6.07, 6.45) is 1.20. The highest BCUT2D eigenvalue weighted by molar-refractivity contribution is 7.80. The molecule has 0 aliphatic carbocycles. The Hall–Kier alpha value is -2.48. The van der Waals surface area contributed by atoms with Crippen LogP contribution in [0.2, 0.25) is 0 Å². The second-order valence-electron chi connectivity index (χ2n) is 6.06. The number of aromatic nitrogens is 2. The number of carbonyl (C=O) groups is 1. The highest BCUT2D eigenvalue weighted by Crippen LogP contribution is 2.07. The summed E-state index contributed by atoms with van der Waals surface area (Å²) in [4.78, 5) is 23.8. The van der Waals surface area contributed by atoms with E-state index in [4.69, 9.17) is 12.2 Å². The first-order valence-electron chi connectivity index (χ1n) is 7.08. The van der Waals surface area contributed by atoms with E-state index < -0.39 is 0 Å². The van der Waals surface area contributed by atoms with E-state index >= 15 is 0 Å². The first-order valence-corrected chi connectivity index (χ1v) is 7.49. The third-order valence-corrected chi connectivity index (χ3v) is 3.06. The van der Waals surface area contributed by atoms with Crippen molar-refractivity contribution in [2.75, 3.05) is 0 Å². The molecular weight excluding hydrogens is 314 g/mol. The molecule has 8 heteroatoms. The average molecular weight is 333 g/mol. The van der Waals surface area contributed by atoms with Crippen LogP contribution in [0.25, 0.3) is 10.9 Å². The van der Waals surface area contributed by atoms with Crippen molar-refractivity contribution in [3.63, 3.8) is 0 Å². The molecule has 0 saturated carbocycles. The van der Waals surface area contributed by atoms with Crippen molar-refractivity contribution in [1.82, 2.24) is 25.9 Å². The fourth-order valence-electron chi connectivity index (χ4n) is 1.96. The molecule has 23 heavy (non-hydrogen) atoms. The topological polar surface area (TPSA) is 88.0 Å². The highest BCUT2D eigenvalue weighted by atomic mass is 32.1. The zero-order valence-corrected chi connectivity index (χ0v) is 14.0. The molecule has 0 aliphatic rings. The second-order valence-corrected chi connectivity index (χ2v) is 6.47. The number of para-hydroxylation sites is 1. The number of thiocarbonyl (C=S) groups is 1. The van der Waals surface area contributed by atoms with Gasteiger partial charge < -0.3 is 5.32 Å². The summed E-state index contributed by atoms with van der Waals surface area (Å²) in [6, 6.07) is 7.01. The molecule has 0 atom stereocenters. The summed E-state index contributed by atoms with van der Waals surface area (Å²) in [5.74, 6) is -0.329. The first kappa shape index (κ1) is 16.9. The van der Waals surface area contributed by atoms with Crippen LogP contribution in [0.3, 0.4) is 0 Å². The Morgan fingerprint density at radius 2 is 1.96 bits per heavy atom. The van der Waals surface area contributed by atoms with Crippen molar-refractivity contribution in [3.8, 4) is 0 Å². The van der Waals surface area contributed by atoms with Gasteiger partial charge in [-0.3, -0.25) is 25.1 Å². The maximum absolute atomic E-state index is 12.0. The third kappa shape index (κ3) is 4.75. The molecule has 0 aliphatic heterocycles. The Bertz CT molecular complexity index is 794. The number of amides is 1. The molecule has 1 heterocycles. The zero-order chi connectivity index (χ0) is 17.0. The van der Waals surface area contributed by atoms with Gasteiger partial charge in [-0.2, -0.15) is 5.10 Å². The lowest BCUT2D eigenvalue weighted by Crippen LogP contribution is -2.52. The van der Waals surface area contributed by atoms with Crippen molar-refractivity contribution in [2.24, 2.45) is 0 Å². The number of hydrogen-bond acceptors (Lipinski definition) is 4. The number of fused-ring (bicyclic) bond motifs is 1. The maximum atomic E-state index is 12.0. The van der Waals surface area contributed by atoms with Gasteiger partial charge >= 0.3 is 0 Å². The molecule has 1 aromatic carbocycles. The standard InChI is InChI=1S/C15H19N5O2S/c1-15(2,3)17-14(23)19-18-13(22)9-20-11-7-5-4-6-10(11)12(21)8-16-20/h4-8H,9H2,1-3H3,(H,18,22)(H2,17,19,23). The van der Waals surface area contributed by atoms with Gasteiger partial charge in [0.2, 0.25) is 5.43 Å². The van der Waals surface area contributed by atoms with Crippen LogP contribution < -0.4 is 21.6 Å². The normalized spacial score (nSPS) is 11.1. The van der Waals surface area contributed by atoms with E-state index in [1.165, 1.54) is 10.9 Å². The van der Waals surface area contributed by atoms with E-state index in [9.17, 15) is 9.59 Å². The highest BCUT2D eigenvalue weighted by Gasteiger charge is 2.12. The van der Waals surface area contributed by atoms with Crippen LogP contribution in [0.1, 0.15) is 20.8 Å². The number of hydrogen-bond donors (Lipinski definition) is 3. The van der Waals surface area contributed by atoms with Gasteiger partial charge in [0.25, 0.3) is 5.91 Å². The summed E-state index contributed by atoms with van der Waals surface area (Å²) in [6.45, 7) is 5.84. The zero-order valence-electron chi connectivity index (χ0n) is 13.2. The minimum absolute atomic E-state index is 0.0358. The summed E-state index contributed by atoms with van der Waals surface area (Å²) in [7, 11) is 0. The second kappa shape index (κ2) is 6.74. The van der Waals surface area contributed by atoms with Gasteiger partial charge in [0.15, 0.2) is 5.11 Å². The van der Waals surface area contributed by atoms with E-state index in [0.717, 1.165) is 0 Å². The molecule has 1 amide bonds. The van der Waals surface area contributed by atoms with Crippen LogP contribution in [0.4, 0.5) is 0 Å². The number of benzene rings is 1. The Balaban J connectivity index is 2.03. The molecule has 3 N–H and O–H groups in total. The van der Waals surface area contributed by atoms with Gasteiger partial charge in [-0.15, -0.1) is 0 Å². The molecule has 0 saturated heterocycles. The smallest absolute Gasteiger partial charge is 0.260 e. The fourth-order valence-corrected chi connectivity index (χ4v) is 2.32. The van der Waals surface area contributed by atoms with Gasteiger partial charge in [0, 0.05) is 10.9 Å².